The first-order valence-electron chi connectivity index (χ1n) is 10.5. The van der Waals surface area contributed by atoms with Crippen LogP contribution in [0.1, 0.15) is 39.9 Å². The summed E-state index contributed by atoms with van der Waals surface area (Å²) in [7, 11) is 1.13. The summed E-state index contributed by atoms with van der Waals surface area (Å²) in [6.45, 7) is -0.0506. The minimum Gasteiger partial charge on any atom is -0.329 e. The van der Waals surface area contributed by atoms with Crippen LogP contribution in [0.25, 0.3) is 5.83 Å². The molecular weight excluding hydrogens is 569 g/mol. The van der Waals surface area contributed by atoms with Crippen LogP contribution in [0.2, 0.25) is 15.1 Å². The van der Waals surface area contributed by atoms with Crippen molar-refractivity contribution in [3.8, 4) is 0 Å². The van der Waals surface area contributed by atoms with Gasteiger partial charge in [-0.1, -0.05) is 46.9 Å². The fourth-order valence-electron chi connectivity index (χ4n) is 3.34. The van der Waals surface area contributed by atoms with Gasteiger partial charge in [0.1, 0.15) is 12.4 Å². The molecule has 1 atom stereocenters. The zero-order chi connectivity index (χ0) is 28.3. The van der Waals surface area contributed by atoms with Crippen LogP contribution in [-0.4, -0.2) is 49.0 Å². The molecule has 2 rings (SSSR count). The highest BCUT2D eigenvalue weighted by Crippen LogP contribution is 2.41. The monoisotopic (exact) mass is 588 g/mol. The molecule has 4 nitrogen and oxygen atoms in total. The van der Waals surface area contributed by atoms with Crippen molar-refractivity contribution in [2.75, 3.05) is 20.1 Å². The van der Waals surface area contributed by atoms with Crippen LogP contribution in [0.15, 0.2) is 36.4 Å². The minimum atomic E-state index is -4.61. The number of benzene rings is 2. The van der Waals surface area contributed by atoms with Gasteiger partial charge in [0.2, 0.25) is 0 Å². The number of alkyl halides is 5. The van der Waals surface area contributed by atoms with Crippen molar-refractivity contribution in [2.24, 2.45) is 0 Å². The third kappa shape index (κ3) is 8.55. The number of carbonyl (C=O) groups is 2. The number of aryl methyl sites for hydroxylation is 1. The first-order chi connectivity index (χ1) is 16.9. The maximum Gasteiger partial charge on any atom is 0.405 e. The SMILES string of the molecule is Cc1cc(/C(F)=C/C(c2cc(Cl)c(Cl)c(Cl)c2)C(C)(F)F)ccc1C(=O)CN(C)C(=O)NCC(F)(F)F. The summed E-state index contributed by atoms with van der Waals surface area (Å²) in [5, 5.41) is 1.44. The molecule has 2 aromatic carbocycles. The van der Waals surface area contributed by atoms with E-state index in [9.17, 15) is 31.5 Å². The zero-order valence-electron chi connectivity index (χ0n) is 19.6. The summed E-state index contributed by atoms with van der Waals surface area (Å²) >= 11 is 17.8. The first-order valence-corrected chi connectivity index (χ1v) is 11.6. The van der Waals surface area contributed by atoms with Crippen molar-refractivity contribution in [3.63, 3.8) is 0 Å². The van der Waals surface area contributed by atoms with Gasteiger partial charge >= 0.3 is 12.2 Å². The van der Waals surface area contributed by atoms with Gasteiger partial charge in [-0.25, -0.2) is 18.0 Å². The molecule has 0 saturated carbocycles. The van der Waals surface area contributed by atoms with Crippen LogP contribution in [-0.2, 0) is 0 Å². The van der Waals surface area contributed by atoms with E-state index in [1.165, 1.54) is 25.1 Å². The topological polar surface area (TPSA) is 49.4 Å². The van der Waals surface area contributed by atoms with Gasteiger partial charge in [-0.15, -0.1) is 0 Å². The van der Waals surface area contributed by atoms with E-state index in [2.05, 4.69) is 0 Å². The summed E-state index contributed by atoms with van der Waals surface area (Å²) in [4.78, 5) is 25.1. The average molecular weight is 590 g/mol. The van der Waals surface area contributed by atoms with Gasteiger partial charge in [0.25, 0.3) is 5.92 Å². The van der Waals surface area contributed by atoms with Gasteiger partial charge in [-0.2, -0.15) is 13.2 Å². The Labute approximate surface area is 224 Å². The van der Waals surface area contributed by atoms with E-state index < -0.39 is 48.7 Å². The lowest BCUT2D eigenvalue weighted by Crippen LogP contribution is -2.43. The summed E-state index contributed by atoms with van der Waals surface area (Å²) in [6, 6.07) is 4.88. The lowest BCUT2D eigenvalue weighted by molar-refractivity contribution is -0.123. The van der Waals surface area contributed by atoms with Gasteiger partial charge in [0, 0.05) is 25.1 Å². The maximum atomic E-state index is 15.1. The number of urea groups is 1. The molecule has 0 aliphatic rings. The van der Waals surface area contributed by atoms with Crippen molar-refractivity contribution in [2.45, 2.75) is 31.9 Å². The van der Waals surface area contributed by atoms with Gasteiger partial charge in [-0.05, 0) is 42.3 Å². The Morgan fingerprint density at radius 2 is 1.62 bits per heavy atom. The van der Waals surface area contributed by atoms with E-state index in [0.717, 1.165) is 24.1 Å². The molecule has 2 aromatic rings. The number of rotatable bonds is 8. The third-order valence-electron chi connectivity index (χ3n) is 5.19. The highest BCUT2D eigenvalue weighted by Gasteiger charge is 2.35. The Kier molecular flexibility index (Phi) is 9.95. The Balaban J connectivity index is 2.27. The molecule has 0 fully saturated rings. The van der Waals surface area contributed by atoms with E-state index >= 15 is 4.39 Å². The van der Waals surface area contributed by atoms with Crippen LogP contribution >= 0.6 is 34.8 Å². The molecule has 2 amide bonds. The Bertz CT molecular complexity index is 1190. The number of halogens is 9. The zero-order valence-corrected chi connectivity index (χ0v) is 21.9. The molecule has 0 saturated heterocycles. The molecule has 0 bridgehead atoms. The molecular formula is C24H21Cl3F6N2O2. The van der Waals surface area contributed by atoms with Crippen LogP contribution in [0.3, 0.4) is 0 Å². The number of nitrogens with zero attached hydrogens (tertiary/aromatic N) is 1. The Hall–Kier alpha value is -2.43. The van der Waals surface area contributed by atoms with Crippen LogP contribution < -0.4 is 5.32 Å². The number of amides is 2. The second-order valence-electron chi connectivity index (χ2n) is 8.33. The lowest BCUT2D eigenvalue weighted by Gasteiger charge is -2.22. The molecule has 1 unspecified atom stereocenters. The predicted molar refractivity (Wildman–Crippen MR) is 132 cm³/mol. The molecule has 0 aliphatic carbocycles. The molecule has 0 aromatic heterocycles. The lowest BCUT2D eigenvalue weighted by atomic mass is 9.91. The fourth-order valence-corrected chi connectivity index (χ4v) is 3.95. The summed E-state index contributed by atoms with van der Waals surface area (Å²) in [6.07, 6.45) is -3.91. The normalized spacial score (nSPS) is 13.4. The van der Waals surface area contributed by atoms with Gasteiger partial charge < -0.3 is 10.2 Å². The van der Waals surface area contributed by atoms with Crippen molar-refractivity contribution >= 4 is 52.4 Å². The second-order valence-corrected chi connectivity index (χ2v) is 9.52. The highest BCUT2D eigenvalue weighted by molar-refractivity contribution is 6.48. The quantitative estimate of drug-likeness (QED) is 0.192. The molecule has 202 valence electrons. The largest absolute Gasteiger partial charge is 0.405 e. The highest BCUT2D eigenvalue weighted by atomic mass is 35.5. The van der Waals surface area contributed by atoms with E-state index in [-0.39, 0.29) is 37.3 Å². The third-order valence-corrected chi connectivity index (χ3v) is 6.39. The number of nitrogens with one attached hydrogen (secondary N) is 1. The fraction of sp³-hybridized carbons (Fsp3) is 0.333. The number of Topliss-reactive ketones (excluding diaryl/α,β-unsaturated/α-hetero) is 1. The molecule has 0 radical (unpaired) electrons. The van der Waals surface area contributed by atoms with E-state index in [4.69, 9.17) is 34.8 Å². The van der Waals surface area contributed by atoms with E-state index in [1.54, 1.807) is 5.32 Å². The second kappa shape index (κ2) is 12.0. The molecule has 37 heavy (non-hydrogen) atoms. The standard InChI is InChI=1S/C24H21Cl3F6N2O2/c1-12-6-13(4-5-15(12)20(36)10-35(3)22(37)34-11-24(31,32)33)19(28)9-16(23(2,29)30)14-7-17(25)21(27)18(26)8-14/h4-9,16H,10-11H2,1-3H3,(H,34,37)/b19-9-. The molecule has 0 aliphatic heterocycles. The molecule has 0 spiro atoms. The Morgan fingerprint density at radius 3 is 2.11 bits per heavy atom. The van der Waals surface area contributed by atoms with Crippen molar-refractivity contribution in [1.82, 2.24) is 10.2 Å². The van der Waals surface area contributed by atoms with E-state index in [0.29, 0.717) is 13.0 Å². The van der Waals surface area contributed by atoms with Crippen molar-refractivity contribution in [3.05, 3.63) is 73.7 Å². The number of hydrogen-bond acceptors (Lipinski definition) is 2. The van der Waals surface area contributed by atoms with E-state index in [1.807, 2.05) is 0 Å². The minimum absolute atomic E-state index is 0.0333. The molecule has 13 heteroatoms. The Morgan fingerprint density at radius 1 is 1.05 bits per heavy atom. The summed E-state index contributed by atoms with van der Waals surface area (Å²) in [5.74, 6) is -6.81. The van der Waals surface area contributed by atoms with Gasteiger partial charge in [0.15, 0.2) is 5.78 Å². The van der Waals surface area contributed by atoms with Crippen molar-refractivity contribution in [1.29, 1.82) is 0 Å². The van der Waals surface area contributed by atoms with Crippen LogP contribution in [0, 0.1) is 6.92 Å². The van der Waals surface area contributed by atoms with Crippen LogP contribution in [0.4, 0.5) is 31.1 Å². The van der Waals surface area contributed by atoms with Crippen LogP contribution in [0.5, 0.6) is 0 Å². The molecule has 1 N–H and O–H groups in total. The number of allylic oxidation sites excluding steroid dienone is 1. The number of hydrogen-bond donors (Lipinski definition) is 1. The average Bonchev–Trinajstić information content (AvgIpc) is 2.77. The summed E-state index contributed by atoms with van der Waals surface area (Å²) in [5.41, 5.74) is 0.149. The van der Waals surface area contributed by atoms with Gasteiger partial charge in [-0.3, -0.25) is 4.79 Å². The smallest absolute Gasteiger partial charge is 0.329 e. The maximum absolute atomic E-state index is 15.1. The van der Waals surface area contributed by atoms with Crippen molar-refractivity contribution < 1.29 is 35.9 Å². The first kappa shape index (κ1) is 30.8. The van der Waals surface area contributed by atoms with Gasteiger partial charge in [0.05, 0.1) is 27.5 Å². The number of carbonyl (C=O) groups excluding carboxylic acids is 2. The molecule has 0 heterocycles. The number of ketones is 1. The predicted octanol–water partition coefficient (Wildman–Crippen LogP) is 8.09. The number of likely N-dealkylation sites (N-methyl/N-ethyl adjacent to an activating group) is 1. The summed E-state index contributed by atoms with van der Waals surface area (Å²) < 4.78 is 80.7.